The molecule has 1 fully saturated rings. The van der Waals surface area contributed by atoms with Crippen molar-refractivity contribution in [1.29, 1.82) is 0 Å². The van der Waals surface area contributed by atoms with Gasteiger partial charge in [-0.05, 0) is 37.0 Å². The number of carbonyl (C=O) groups excluding carboxylic acids is 1. The lowest BCUT2D eigenvalue weighted by atomic mass is 10.1. The monoisotopic (exact) mass is 341 g/mol. The topological polar surface area (TPSA) is 47.6 Å². The van der Waals surface area contributed by atoms with Crippen molar-refractivity contribution in [2.24, 2.45) is 5.92 Å². The lowest BCUT2D eigenvalue weighted by Gasteiger charge is -2.16. The van der Waals surface area contributed by atoms with Crippen molar-refractivity contribution in [2.45, 2.75) is 24.1 Å². The Morgan fingerprint density at radius 2 is 2.15 bits per heavy atom. The van der Waals surface area contributed by atoms with Crippen LogP contribution in [0.2, 0.25) is 0 Å². The first-order valence-electron chi connectivity index (χ1n) is 6.80. The molecule has 2 rings (SSSR count). The van der Waals surface area contributed by atoms with Gasteiger partial charge in [0.25, 0.3) is 5.91 Å². The first-order chi connectivity index (χ1) is 9.65. The second-order valence-electron chi connectivity index (χ2n) is 4.98. The quantitative estimate of drug-likeness (QED) is 0.837. The highest BCUT2D eigenvalue weighted by Crippen LogP contribution is 2.31. The molecule has 1 aromatic carbocycles. The van der Waals surface area contributed by atoms with E-state index in [1.807, 2.05) is 0 Å². The van der Waals surface area contributed by atoms with Crippen LogP contribution in [0.5, 0.6) is 11.5 Å². The van der Waals surface area contributed by atoms with E-state index in [2.05, 4.69) is 21.2 Å². The summed E-state index contributed by atoms with van der Waals surface area (Å²) in [5, 5.41) is 2.99. The van der Waals surface area contributed by atoms with E-state index in [0.717, 1.165) is 6.42 Å². The van der Waals surface area contributed by atoms with Gasteiger partial charge in [-0.25, -0.2) is 0 Å². The molecule has 2 atom stereocenters. The van der Waals surface area contributed by atoms with Crippen LogP contribution in [0.15, 0.2) is 18.2 Å². The highest BCUT2D eigenvalue weighted by molar-refractivity contribution is 9.09. The van der Waals surface area contributed by atoms with Crippen LogP contribution in [-0.2, 0) is 0 Å². The van der Waals surface area contributed by atoms with Gasteiger partial charge in [-0.15, -0.1) is 0 Å². The van der Waals surface area contributed by atoms with Crippen molar-refractivity contribution in [1.82, 2.24) is 5.32 Å². The van der Waals surface area contributed by atoms with E-state index in [1.165, 1.54) is 12.8 Å². The van der Waals surface area contributed by atoms with Crippen LogP contribution in [0.4, 0.5) is 0 Å². The van der Waals surface area contributed by atoms with E-state index >= 15 is 0 Å². The van der Waals surface area contributed by atoms with Crippen LogP contribution in [-0.4, -0.2) is 31.5 Å². The maximum Gasteiger partial charge on any atom is 0.255 e. The molecule has 4 nitrogen and oxygen atoms in total. The summed E-state index contributed by atoms with van der Waals surface area (Å²) in [5.74, 6) is 1.60. The van der Waals surface area contributed by atoms with Crippen molar-refractivity contribution in [2.75, 3.05) is 20.8 Å². The number of hydrogen-bond donors (Lipinski definition) is 1. The van der Waals surface area contributed by atoms with E-state index in [4.69, 9.17) is 9.47 Å². The Morgan fingerprint density at radius 1 is 1.35 bits per heavy atom. The van der Waals surface area contributed by atoms with Crippen molar-refractivity contribution in [3.8, 4) is 11.5 Å². The molecule has 1 saturated carbocycles. The number of amides is 1. The number of rotatable bonds is 5. The number of ether oxygens (including phenoxy) is 2. The fourth-order valence-corrected chi connectivity index (χ4v) is 3.31. The lowest BCUT2D eigenvalue weighted by molar-refractivity contribution is 0.0944. The number of carbonyl (C=O) groups is 1. The van der Waals surface area contributed by atoms with Crippen LogP contribution >= 0.6 is 15.9 Å². The summed E-state index contributed by atoms with van der Waals surface area (Å²) in [7, 11) is 3.14. The minimum atomic E-state index is -0.118. The van der Waals surface area contributed by atoms with Gasteiger partial charge in [0, 0.05) is 11.4 Å². The number of benzene rings is 1. The Labute approximate surface area is 128 Å². The fraction of sp³-hybridized carbons (Fsp3) is 0.533. The molecule has 1 aromatic rings. The van der Waals surface area contributed by atoms with Gasteiger partial charge in [0.15, 0.2) is 0 Å². The second-order valence-corrected chi connectivity index (χ2v) is 6.16. The van der Waals surface area contributed by atoms with E-state index in [1.54, 1.807) is 32.4 Å². The summed E-state index contributed by atoms with van der Waals surface area (Å²) in [4.78, 5) is 12.8. The molecule has 1 amide bonds. The second kappa shape index (κ2) is 6.97. The van der Waals surface area contributed by atoms with E-state index in [9.17, 15) is 4.79 Å². The number of hydrogen-bond acceptors (Lipinski definition) is 3. The van der Waals surface area contributed by atoms with Crippen LogP contribution in [0.25, 0.3) is 0 Å². The van der Waals surface area contributed by atoms with Gasteiger partial charge in [-0.2, -0.15) is 0 Å². The Bertz CT molecular complexity index is 478. The first-order valence-corrected chi connectivity index (χ1v) is 7.71. The minimum absolute atomic E-state index is 0.118. The molecular weight excluding hydrogens is 322 g/mol. The average Bonchev–Trinajstić information content (AvgIpc) is 2.89. The van der Waals surface area contributed by atoms with Crippen molar-refractivity contribution in [3.63, 3.8) is 0 Å². The predicted molar refractivity (Wildman–Crippen MR) is 81.9 cm³/mol. The van der Waals surface area contributed by atoms with Crippen molar-refractivity contribution < 1.29 is 14.3 Å². The third-order valence-electron chi connectivity index (χ3n) is 3.74. The number of alkyl halides is 1. The summed E-state index contributed by atoms with van der Waals surface area (Å²) in [6.07, 6.45) is 3.56. The molecule has 1 N–H and O–H groups in total. The largest absolute Gasteiger partial charge is 0.497 e. The molecule has 5 heteroatoms. The summed E-state index contributed by atoms with van der Waals surface area (Å²) in [5.41, 5.74) is 0.510. The zero-order valence-electron chi connectivity index (χ0n) is 11.8. The number of nitrogens with one attached hydrogen (secondary N) is 1. The highest BCUT2D eigenvalue weighted by atomic mass is 79.9. The molecular formula is C15H20BrNO3. The van der Waals surface area contributed by atoms with Gasteiger partial charge in [0.1, 0.15) is 11.5 Å². The summed E-state index contributed by atoms with van der Waals surface area (Å²) < 4.78 is 10.4. The molecule has 20 heavy (non-hydrogen) atoms. The zero-order chi connectivity index (χ0) is 14.5. The Hall–Kier alpha value is -1.23. The Morgan fingerprint density at radius 3 is 2.75 bits per heavy atom. The zero-order valence-corrected chi connectivity index (χ0v) is 13.4. The highest BCUT2D eigenvalue weighted by Gasteiger charge is 2.25. The molecule has 0 heterocycles. The average molecular weight is 342 g/mol. The minimum Gasteiger partial charge on any atom is -0.497 e. The number of methoxy groups -OCH3 is 2. The van der Waals surface area contributed by atoms with Crippen LogP contribution in [0, 0.1) is 5.92 Å². The summed E-state index contributed by atoms with van der Waals surface area (Å²) in [6.45, 7) is 0.690. The Balaban J connectivity index is 2.04. The Kier molecular flexibility index (Phi) is 5.29. The third kappa shape index (κ3) is 3.45. The molecule has 0 spiro atoms. The van der Waals surface area contributed by atoms with Gasteiger partial charge in [-0.3, -0.25) is 4.79 Å². The van der Waals surface area contributed by atoms with Gasteiger partial charge >= 0.3 is 0 Å². The van der Waals surface area contributed by atoms with Crippen molar-refractivity contribution in [3.05, 3.63) is 23.8 Å². The molecule has 110 valence electrons. The third-order valence-corrected chi connectivity index (χ3v) is 4.95. The van der Waals surface area contributed by atoms with E-state index in [0.29, 0.717) is 34.4 Å². The van der Waals surface area contributed by atoms with Gasteiger partial charge in [0.2, 0.25) is 0 Å². The first kappa shape index (κ1) is 15.2. The number of halogens is 1. The fourth-order valence-electron chi connectivity index (χ4n) is 2.53. The van der Waals surface area contributed by atoms with Crippen LogP contribution in [0.3, 0.4) is 0 Å². The molecule has 0 aliphatic heterocycles. The molecule has 0 bridgehead atoms. The normalized spacial score (nSPS) is 21.6. The van der Waals surface area contributed by atoms with Crippen LogP contribution < -0.4 is 14.8 Å². The van der Waals surface area contributed by atoms with Crippen molar-refractivity contribution >= 4 is 21.8 Å². The van der Waals surface area contributed by atoms with E-state index < -0.39 is 0 Å². The van der Waals surface area contributed by atoms with Gasteiger partial charge in [0.05, 0.1) is 19.8 Å². The van der Waals surface area contributed by atoms with Gasteiger partial charge < -0.3 is 14.8 Å². The van der Waals surface area contributed by atoms with E-state index in [-0.39, 0.29) is 5.91 Å². The standard InChI is InChI=1S/C15H20BrNO3/c1-19-11-6-7-14(20-2)12(8-11)15(18)17-9-10-4-3-5-13(10)16/h6-8,10,13H,3-5,9H2,1-2H3,(H,17,18). The SMILES string of the molecule is COc1ccc(OC)c(C(=O)NCC2CCCC2Br)c1. The maximum absolute atomic E-state index is 12.3. The van der Waals surface area contributed by atoms with Gasteiger partial charge in [-0.1, -0.05) is 22.4 Å². The smallest absolute Gasteiger partial charge is 0.255 e. The van der Waals surface area contributed by atoms with Crippen LogP contribution in [0.1, 0.15) is 29.6 Å². The molecule has 0 radical (unpaired) electrons. The molecule has 0 aromatic heterocycles. The summed E-state index contributed by atoms with van der Waals surface area (Å²) >= 11 is 3.67. The molecule has 2 unspecified atom stereocenters. The summed E-state index contributed by atoms with van der Waals surface area (Å²) in [6, 6.07) is 5.23. The molecule has 1 aliphatic rings. The maximum atomic E-state index is 12.3. The molecule has 0 saturated heterocycles. The predicted octanol–water partition coefficient (Wildman–Crippen LogP) is 3.00. The lowest BCUT2D eigenvalue weighted by Crippen LogP contribution is -2.31. The molecule has 1 aliphatic carbocycles.